The fraction of sp³-hybridized carbons (Fsp3) is 0.778. The van der Waals surface area contributed by atoms with E-state index in [9.17, 15) is 10.1 Å². The van der Waals surface area contributed by atoms with E-state index in [1.807, 2.05) is 0 Å². The van der Waals surface area contributed by atoms with Gasteiger partial charge in [-0.2, -0.15) is 4.68 Å². The number of hydrogen-bond acceptors (Lipinski definition) is 5. The Morgan fingerprint density at radius 2 is 2.50 bits per heavy atom. The lowest BCUT2D eigenvalue weighted by Gasteiger charge is -2.09. The van der Waals surface area contributed by atoms with Gasteiger partial charge in [0.25, 0.3) is 0 Å². The molecule has 1 aromatic heterocycles. The molecule has 1 atom stereocenters. The first-order chi connectivity index (χ1) is 7.65. The van der Waals surface area contributed by atoms with E-state index in [2.05, 4.69) is 22.3 Å². The van der Waals surface area contributed by atoms with Gasteiger partial charge < -0.3 is 15.4 Å². The normalized spacial score (nSPS) is 17.3. The molecule has 1 fully saturated rings. The summed E-state index contributed by atoms with van der Waals surface area (Å²) in [7, 11) is 0. The summed E-state index contributed by atoms with van der Waals surface area (Å²) in [5.41, 5.74) is 0. The molecule has 7 nitrogen and oxygen atoms in total. The first-order valence-corrected chi connectivity index (χ1v) is 5.42. The summed E-state index contributed by atoms with van der Waals surface area (Å²) < 4.78 is 1.53. The molecule has 1 aliphatic carbocycles. The molecule has 1 aromatic rings. The Bertz CT molecular complexity index is 374. The Kier molecular flexibility index (Phi) is 3.14. The van der Waals surface area contributed by atoms with Gasteiger partial charge in [-0.1, -0.05) is 11.9 Å². The Hall–Kier alpha value is -1.50. The van der Waals surface area contributed by atoms with Crippen molar-refractivity contribution < 1.29 is 4.92 Å². The minimum Gasteiger partial charge on any atom is -0.390 e. The lowest BCUT2D eigenvalue weighted by molar-refractivity contribution is -0.394. The molecule has 1 N–H and O–H groups in total. The standard InChI is InChI=1S/C9H15N5O2/c1-7(4-10-8-2-3-8)5-13-6-11-9(12-13)14(15)16/h6-8,10H,2-5H2,1H3. The van der Waals surface area contributed by atoms with E-state index in [4.69, 9.17) is 0 Å². The fourth-order valence-corrected chi connectivity index (χ4v) is 1.50. The molecule has 88 valence electrons. The maximum absolute atomic E-state index is 10.4. The average molecular weight is 225 g/mol. The van der Waals surface area contributed by atoms with E-state index < -0.39 is 4.92 Å². The van der Waals surface area contributed by atoms with Crippen LogP contribution in [0.3, 0.4) is 0 Å². The summed E-state index contributed by atoms with van der Waals surface area (Å²) in [4.78, 5) is 13.4. The molecule has 0 aliphatic heterocycles. The largest absolute Gasteiger partial charge is 0.490 e. The minimum absolute atomic E-state index is 0.331. The third kappa shape index (κ3) is 2.99. The molecule has 1 heterocycles. The van der Waals surface area contributed by atoms with Crippen molar-refractivity contribution in [3.05, 3.63) is 16.4 Å². The van der Waals surface area contributed by atoms with Crippen LogP contribution < -0.4 is 5.32 Å². The predicted molar refractivity (Wildman–Crippen MR) is 56.9 cm³/mol. The van der Waals surface area contributed by atoms with E-state index in [0.717, 1.165) is 6.54 Å². The second-order valence-corrected chi connectivity index (χ2v) is 4.31. The number of nitro groups is 1. The number of nitrogens with zero attached hydrogens (tertiary/aromatic N) is 4. The van der Waals surface area contributed by atoms with Crippen molar-refractivity contribution in [3.63, 3.8) is 0 Å². The van der Waals surface area contributed by atoms with E-state index >= 15 is 0 Å². The quantitative estimate of drug-likeness (QED) is 0.565. The van der Waals surface area contributed by atoms with Crippen molar-refractivity contribution in [2.75, 3.05) is 6.54 Å². The molecular weight excluding hydrogens is 210 g/mol. The van der Waals surface area contributed by atoms with Crippen molar-refractivity contribution in [3.8, 4) is 0 Å². The van der Waals surface area contributed by atoms with E-state index in [1.165, 1.54) is 23.9 Å². The highest BCUT2D eigenvalue weighted by Crippen LogP contribution is 2.18. The Balaban J connectivity index is 1.79. The second-order valence-electron chi connectivity index (χ2n) is 4.31. The average Bonchev–Trinajstić information content (AvgIpc) is 2.95. The van der Waals surface area contributed by atoms with E-state index in [-0.39, 0.29) is 5.95 Å². The van der Waals surface area contributed by atoms with Crippen LogP contribution in [0.5, 0.6) is 0 Å². The van der Waals surface area contributed by atoms with Gasteiger partial charge in [-0.3, -0.25) is 0 Å². The highest BCUT2D eigenvalue weighted by Gasteiger charge is 2.21. The zero-order valence-corrected chi connectivity index (χ0v) is 9.17. The highest BCUT2D eigenvalue weighted by molar-refractivity contribution is 4.96. The number of rotatable bonds is 6. The molecule has 0 aromatic carbocycles. The van der Waals surface area contributed by atoms with Crippen LogP contribution in [0, 0.1) is 16.0 Å². The van der Waals surface area contributed by atoms with Crippen LogP contribution in [-0.2, 0) is 6.54 Å². The van der Waals surface area contributed by atoms with Crippen molar-refractivity contribution in [1.29, 1.82) is 0 Å². The number of hydrogen-bond donors (Lipinski definition) is 1. The Morgan fingerprint density at radius 1 is 1.75 bits per heavy atom. The third-order valence-corrected chi connectivity index (χ3v) is 2.52. The summed E-state index contributed by atoms with van der Waals surface area (Å²) in [6.45, 7) is 3.65. The van der Waals surface area contributed by atoms with Gasteiger partial charge in [0, 0.05) is 11.1 Å². The number of nitrogens with one attached hydrogen (secondary N) is 1. The van der Waals surface area contributed by atoms with Gasteiger partial charge in [0.2, 0.25) is 6.33 Å². The number of aromatic nitrogens is 3. The molecule has 0 amide bonds. The zero-order valence-electron chi connectivity index (χ0n) is 9.17. The highest BCUT2D eigenvalue weighted by atomic mass is 16.6. The molecule has 1 aliphatic rings. The molecule has 7 heteroatoms. The monoisotopic (exact) mass is 225 g/mol. The van der Waals surface area contributed by atoms with Gasteiger partial charge in [0.05, 0.1) is 6.54 Å². The summed E-state index contributed by atoms with van der Waals surface area (Å²) in [6.07, 6.45) is 3.94. The molecule has 0 bridgehead atoms. The third-order valence-electron chi connectivity index (χ3n) is 2.52. The topological polar surface area (TPSA) is 85.9 Å². The molecule has 0 spiro atoms. The molecule has 16 heavy (non-hydrogen) atoms. The molecule has 2 rings (SSSR count). The molecule has 0 saturated heterocycles. The van der Waals surface area contributed by atoms with Gasteiger partial charge in [0.15, 0.2) is 0 Å². The van der Waals surface area contributed by atoms with Crippen molar-refractivity contribution in [2.24, 2.45) is 5.92 Å². The molecule has 0 radical (unpaired) electrons. The lowest BCUT2D eigenvalue weighted by atomic mass is 10.2. The SMILES string of the molecule is CC(CNC1CC1)Cn1cnc([N+](=O)[O-])n1. The van der Waals surface area contributed by atoms with Crippen LogP contribution in [0.2, 0.25) is 0 Å². The summed E-state index contributed by atoms with van der Waals surface area (Å²) in [6, 6.07) is 0.688. The van der Waals surface area contributed by atoms with Crippen molar-refractivity contribution >= 4 is 5.95 Å². The first-order valence-electron chi connectivity index (χ1n) is 5.42. The fourth-order valence-electron chi connectivity index (χ4n) is 1.50. The second kappa shape index (κ2) is 4.56. The zero-order chi connectivity index (χ0) is 11.5. The molecular formula is C9H15N5O2. The van der Waals surface area contributed by atoms with Crippen LogP contribution in [-0.4, -0.2) is 32.3 Å². The first kappa shape index (κ1) is 11.0. The van der Waals surface area contributed by atoms with Gasteiger partial charge in [-0.05, 0) is 30.2 Å². The van der Waals surface area contributed by atoms with Gasteiger partial charge in [-0.15, -0.1) is 0 Å². The minimum atomic E-state index is -0.580. The van der Waals surface area contributed by atoms with E-state index in [0.29, 0.717) is 18.5 Å². The van der Waals surface area contributed by atoms with Crippen LogP contribution >= 0.6 is 0 Å². The van der Waals surface area contributed by atoms with Gasteiger partial charge >= 0.3 is 5.95 Å². The smallest absolute Gasteiger partial charge is 0.390 e. The Labute approximate surface area is 93.0 Å². The predicted octanol–water partition coefficient (Wildman–Crippen LogP) is 0.574. The molecule has 1 unspecified atom stereocenters. The molecule has 1 saturated carbocycles. The summed E-state index contributed by atoms with van der Waals surface area (Å²) in [5.74, 6) is 0.0595. The van der Waals surface area contributed by atoms with Crippen LogP contribution in [0.4, 0.5) is 5.95 Å². The van der Waals surface area contributed by atoms with Gasteiger partial charge in [-0.25, -0.2) is 0 Å². The van der Waals surface area contributed by atoms with E-state index in [1.54, 1.807) is 0 Å². The van der Waals surface area contributed by atoms with Crippen LogP contribution in [0.15, 0.2) is 6.33 Å². The Morgan fingerprint density at radius 3 is 3.06 bits per heavy atom. The van der Waals surface area contributed by atoms with Crippen molar-refractivity contribution in [2.45, 2.75) is 32.4 Å². The van der Waals surface area contributed by atoms with Crippen LogP contribution in [0.25, 0.3) is 0 Å². The summed E-state index contributed by atoms with van der Waals surface area (Å²) in [5, 5.41) is 17.6. The maximum Gasteiger partial charge on any atom is 0.490 e. The van der Waals surface area contributed by atoms with Gasteiger partial charge in [0.1, 0.15) is 0 Å². The maximum atomic E-state index is 10.4. The van der Waals surface area contributed by atoms with Crippen LogP contribution in [0.1, 0.15) is 19.8 Å². The lowest BCUT2D eigenvalue weighted by Crippen LogP contribution is -2.25. The van der Waals surface area contributed by atoms with Crippen molar-refractivity contribution in [1.82, 2.24) is 20.1 Å². The summed E-state index contributed by atoms with van der Waals surface area (Å²) >= 11 is 0.